The average Bonchev–Trinajstić information content (AvgIpc) is 3.31. The van der Waals surface area contributed by atoms with Gasteiger partial charge in [-0.2, -0.15) is 0 Å². The van der Waals surface area contributed by atoms with Crippen LogP contribution in [0.2, 0.25) is 0 Å². The zero-order valence-electron chi connectivity index (χ0n) is 15.6. The highest BCUT2D eigenvalue weighted by molar-refractivity contribution is 5.94. The van der Waals surface area contributed by atoms with Crippen molar-refractivity contribution in [3.05, 3.63) is 65.2 Å². The largest absolute Gasteiger partial charge is 0.513 e. The molecule has 7 heteroatoms. The SMILES string of the molecule is CCOC(=O)Oc1ccc(C(=O)NCC2(c3ccc(F)cc3F)CC2C)cc1. The van der Waals surface area contributed by atoms with Crippen LogP contribution in [0.3, 0.4) is 0 Å². The number of rotatable bonds is 6. The van der Waals surface area contributed by atoms with Gasteiger partial charge in [0.1, 0.15) is 17.4 Å². The van der Waals surface area contributed by atoms with Gasteiger partial charge in [0.2, 0.25) is 0 Å². The van der Waals surface area contributed by atoms with Gasteiger partial charge in [0, 0.05) is 23.6 Å². The van der Waals surface area contributed by atoms with E-state index >= 15 is 0 Å². The second-order valence-corrected chi connectivity index (χ2v) is 6.88. The Morgan fingerprint density at radius 1 is 1.18 bits per heavy atom. The van der Waals surface area contributed by atoms with Crippen LogP contribution < -0.4 is 10.1 Å². The third-order valence-electron chi connectivity index (χ3n) is 5.07. The quantitative estimate of drug-likeness (QED) is 0.594. The van der Waals surface area contributed by atoms with E-state index in [0.717, 1.165) is 6.07 Å². The Labute approximate surface area is 161 Å². The van der Waals surface area contributed by atoms with Crippen LogP contribution in [-0.4, -0.2) is 25.2 Å². The summed E-state index contributed by atoms with van der Waals surface area (Å²) in [5.74, 6) is -1.12. The molecule has 1 N–H and O–H groups in total. The summed E-state index contributed by atoms with van der Waals surface area (Å²) in [6, 6.07) is 9.56. The molecule has 1 aliphatic rings. The minimum Gasteiger partial charge on any atom is -0.434 e. The van der Waals surface area contributed by atoms with E-state index in [0.29, 0.717) is 17.5 Å². The Bertz CT molecular complexity index is 884. The van der Waals surface area contributed by atoms with Crippen LogP contribution in [0.4, 0.5) is 13.6 Å². The van der Waals surface area contributed by atoms with Crippen molar-refractivity contribution in [2.45, 2.75) is 25.7 Å². The van der Waals surface area contributed by atoms with Crippen molar-refractivity contribution in [3.63, 3.8) is 0 Å². The van der Waals surface area contributed by atoms with Crippen LogP contribution >= 0.6 is 0 Å². The number of hydrogen-bond acceptors (Lipinski definition) is 4. The fourth-order valence-electron chi connectivity index (χ4n) is 3.36. The van der Waals surface area contributed by atoms with Crippen LogP contribution in [0.15, 0.2) is 42.5 Å². The average molecular weight is 389 g/mol. The Morgan fingerprint density at radius 3 is 2.43 bits per heavy atom. The van der Waals surface area contributed by atoms with E-state index in [4.69, 9.17) is 4.74 Å². The smallest absolute Gasteiger partial charge is 0.434 e. The monoisotopic (exact) mass is 389 g/mol. The molecule has 2 atom stereocenters. The van der Waals surface area contributed by atoms with E-state index in [1.165, 1.54) is 36.4 Å². The summed E-state index contributed by atoms with van der Waals surface area (Å²) >= 11 is 0. The number of amides is 1. The van der Waals surface area contributed by atoms with Gasteiger partial charge in [-0.3, -0.25) is 4.79 Å². The zero-order valence-corrected chi connectivity index (χ0v) is 15.6. The molecular weight excluding hydrogens is 368 g/mol. The first-order valence-corrected chi connectivity index (χ1v) is 9.04. The number of hydrogen-bond donors (Lipinski definition) is 1. The van der Waals surface area contributed by atoms with Crippen LogP contribution in [0.5, 0.6) is 5.75 Å². The molecule has 0 spiro atoms. The second-order valence-electron chi connectivity index (χ2n) is 6.88. The normalized spacial score (nSPS) is 20.4. The lowest BCUT2D eigenvalue weighted by Gasteiger charge is -2.19. The molecule has 2 aromatic carbocycles. The van der Waals surface area contributed by atoms with E-state index in [2.05, 4.69) is 10.1 Å². The lowest BCUT2D eigenvalue weighted by Crippen LogP contribution is -2.33. The van der Waals surface area contributed by atoms with Gasteiger partial charge in [0.05, 0.1) is 6.61 Å². The molecule has 0 aromatic heterocycles. The number of carbonyl (C=O) groups is 2. The first-order valence-electron chi connectivity index (χ1n) is 9.04. The van der Waals surface area contributed by atoms with E-state index < -0.39 is 23.2 Å². The van der Waals surface area contributed by atoms with Gasteiger partial charge in [0.15, 0.2) is 0 Å². The molecule has 3 rings (SSSR count). The highest BCUT2D eigenvalue weighted by Gasteiger charge is 2.53. The van der Waals surface area contributed by atoms with E-state index in [-0.39, 0.29) is 30.7 Å². The maximum atomic E-state index is 14.2. The highest BCUT2D eigenvalue weighted by atomic mass is 19.1. The highest BCUT2D eigenvalue weighted by Crippen LogP contribution is 2.54. The fraction of sp³-hybridized carbons (Fsp3) is 0.333. The molecule has 1 aliphatic carbocycles. The molecule has 28 heavy (non-hydrogen) atoms. The molecule has 1 fully saturated rings. The van der Waals surface area contributed by atoms with E-state index in [9.17, 15) is 18.4 Å². The topological polar surface area (TPSA) is 64.6 Å². The van der Waals surface area contributed by atoms with Crippen molar-refractivity contribution < 1.29 is 27.8 Å². The molecule has 1 saturated carbocycles. The van der Waals surface area contributed by atoms with Crippen LogP contribution in [-0.2, 0) is 10.2 Å². The molecule has 0 heterocycles. The van der Waals surface area contributed by atoms with Crippen molar-refractivity contribution >= 4 is 12.1 Å². The number of carbonyl (C=O) groups excluding carboxylic acids is 2. The third kappa shape index (κ3) is 4.13. The molecule has 0 bridgehead atoms. The molecule has 0 aliphatic heterocycles. The molecular formula is C21H21F2NO4. The number of nitrogens with one attached hydrogen (secondary N) is 1. The minimum absolute atomic E-state index is 0.174. The molecule has 0 saturated heterocycles. The molecule has 2 unspecified atom stereocenters. The third-order valence-corrected chi connectivity index (χ3v) is 5.07. The first-order chi connectivity index (χ1) is 13.4. The van der Waals surface area contributed by atoms with Gasteiger partial charge in [-0.25, -0.2) is 13.6 Å². The van der Waals surface area contributed by atoms with Gasteiger partial charge < -0.3 is 14.8 Å². The molecule has 5 nitrogen and oxygen atoms in total. The molecule has 0 radical (unpaired) electrons. The summed E-state index contributed by atoms with van der Waals surface area (Å²) in [7, 11) is 0. The predicted molar refractivity (Wildman–Crippen MR) is 98.2 cm³/mol. The van der Waals surface area contributed by atoms with Gasteiger partial charge in [-0.05, 0) is 55.2 Å². The summed E-state index contributed by atoms with van der Waals surface area (Å²) < 4.78 is 37.0. The summed E-state index contributed by atoms with van der Waals surface area (Å²) in [5.41, 5.74) is 0.263. The Balaban J connectivity index is 1.64. The first kappa shape index (κ1) is 19.8. The lowest BCUT2D eigenvalue weighted by molar-refractivity contribution is 0.0948. The number of benzene rings is 2. The summed E-state index contributed by atoms with van der Waals surface area (Å²) in [5, 5.41) is 2.82. The number of halogens is 2. The van der Waals surface area contributed by atoms with Crippen LogP contribution in [0, 0.1) is 17.6 Å². The minimum atomic E-state index is -0.814. The van der Waals surface area contributed by atoms with Crippen molar-refractivity contribution in [3.8, 4) is 5.75 Å². The molecule has 1 amide bonds. The second kappa shape index (κ2) is 7.96. The predicted octanol–water partition coefficient (Wildman–Crippen LogP) is 4.21. The van der Waals surface area contributed by atoms with E-state index in [1.54, 1.807) is 6.92 Å². The van der Waals surface area contributed by atoms with Gasteiger partial charge in [-0.15, -0.1) is 0 Å². The summed E-state index contributed by atoms with van der Waals surface area (Å²) in [4.78, 5) is 23.7. The van der Waals surface area contributed by atoms with Gasteiger partial charge in [0.25, 0.3) is 5.91 Å². The molecule has 148 valence electrons. The van der Waals surface area contributed by atoms with Crippen molar-refractivity contribution in [1.82, 2.24) is 5.32 Å². The maximum Gasteiger partial charge on any atom is 0.513 e. The standard InChI is InChI=1S/C21H21F2NO4/c1-3-27-20(26)28-16-7-4-14(5-8-16)19(25)24-12-21(11-13(21)2)17-9-6-15(22)10-18(17)23/h4-10,13H,3,11-12H2,1-2H3,(H,24,25). The number of ether oxygens (including phenoxy) is 2. The van der Waals surface area contributed by atoms with Crippen molar-refractivity contribution in [1.29, 1.82) is 0 Å². The van der Waals surface area contributed by atoms with Crippen LogP contribution in [0.25, 0.3) is 0 Å². The van der Waals surface area contributed by atoms with Crippen LogP contribution in [0.1, 0.15) is 36.2 Å². The zero-order chi connectivity index (χ0) is 20.3. The van der Waals surface area contributed by atoms with Gasteiger partial charge >= 0.3 is 6.16 Å². The lowest BCUT2D eigenvalue weighted by atomic mass is 9.92. The van der Waals surface area contributed by atoms with Gasteiger partial charge in [-0.1, -0.05) is 13.0 Å². The van der Waals surface area contributed by atoms with Crippen molar-refractivity contribution in [2.75, 3.05) is 13.2 Å². The molecule has 2 aromatic rings. The van der Waals surface area contributed by atoms with Crippen molar-refractivity contribution in [2.24, 2.45) is 5.92 Å². The Kier molecular flexibility index (Phi) is 5.63. The maximum absolute atomic E-state index is 14.2. The summed E-state index contributed by atoms with van der Waals surface area (Å²) in [6.45, 7) is 4.08. The Hall–Kier alpha value is -2.96. The summed E-state index contributed by atoms with van der Waals surface area (Å²) in [6.07, 6.45) is -0.104. The fourth-order valence-corrected chi connectivity index (χ4v) is 3.36. The Morgan fingerprint density at radius 2 is 1.86 bits per heavy atom. The van der Waals surface area contributed by atoms with E-state index in [1.807, 2.05) is 6.92 Å².